The molecule has 1 aliphatic heterocycles. The first kappa shape index (κ1) is 24.6. The number of primary amides is 1. The van der Waals surface area contributed by atoms with Gasteiger partial charge < -0.3 is 15.8 Å². The Morgan fingerprint density at radius 2 is 1.91 bits per heavy atom. The van der Waals surface area contributed by atoms with Crippen LogP contribution in [-0.4, -0.2) is 38.3 Å². The van der Waals surface area contributed by atoms with Crippen LogP contribution in [0.2, 0.25) is 0 Å². The van der Waals surface area contributed by atoms with Gasteiger partial charge in [0.15, 0.2) is 18.2 Å². The van der Waals surface area contributed by atoms with Crippen molar-refractivity contribution in [1.29, 1.82) is 0 Å². The minimum Gasteiger partial charge on any atom is -0.484 e. The minimum absolute atomic E-state index is 0.117. The molecule has 2 aromatic carbocycles. The summed E-state index contributed by atoms with van der Waals surface area (Å²) in [6.45, 7) is 5.51. The van der Waals surface area contributed by atoms with E-state index in [1.54, 1.807) is 24.3 Å². The quantitative estimate of drug-likeness (QED) is 0.560. The lowest BCUT2D eigenvalue weighted by atomic mass is 9.63. The number of ether oxygens (including phenoxy) is 1. The summed E-state index contributed by atoms with van der Waals surface area (Å²) < 4.78 is 35.1. The van der Waals surface area contributed by atoms with Gasteiger partial charge in [-0.3, -0.25) is 14.4 Å². The SMILES string of the molecule is CC(C)CC[C@@]1(C)C(=O)C(C2=NS(=O)(=O)c3cc(OCC(N)=O)ccc3N2)C(=O)c2ccccc21. The third kappa shape index (κ3) is 4.45. The molecule has 10 heteroatoms. The number of Topliss-reactive ketones (excluding diaryl/α,β-unsaturated/α-hetero) is 2. The summed E-state index contributed by atoms with van der Waals surface area (Å²) in [5.41, 5.74) is 5.31. The predicted octanol–water partition coefficient (Wildman–Crippen LogP) is 2.84. The number of nitrogens with two attached hydrogens (primary N) is 1. The fourth-order valence-corrected chi connectivity index (χ4v) is 5.69. The summed E-state index contributed by atoms with van der Waals surface area (Å²) >= 11 is 0. The van der Waals surface area contributed by atoms with Crippen LogP contribution in [0.1, 0.15) is 49.5 Å². The molecule has 1 unspecified atom stereocenters. The van der Waals surface area contributed by atoms with Crippen LogP contribution in [0, 0.1) is 11.8 Å². The minimum atomic E-state index is -4.26. The number of hydrogen-bond donors (Lipinski definition) is 2. The second kappa shape index (κ2) is 8.92. The van der Waals surface area contributed by atoms with Crippen molar-refractivity contribution in [2.24, 2.45) is 22.0 Å². The van der Waals surface area contributed by atoms with Crippen LogP contribution in [-0.2, 0) is 25.0 Å². The first-order valence-corrected chi connectivity index (χ1v) is 12.7. The predicted molar refractivity (Wildman–Crippen MR) is 130 cm³/mol. The Balaban J connectivity index is 1.76. The molecule has 0 radical (unpaired) electrons. The number of carbonyl (C=O) groups is 3. The molecule has 9 nitrogen and oxygen atoms in total. The molecule has 184 valence electrons. The number of amides is 1. The number of benzene rings is 2. The van der Waals surface area contributed by atoms with Gasteiger partial charge >= 0.3 is 0 Å². The van der Waals surface area contributed by atoms with E-state index in [-0.39, 0.29) is 28.0 Å². The van der Waals surface area contributed by atoms with Crippen LogP contribution >= 0.6 is 0 Å². The van der Waals surface area contributed by atoms with Gasteiger partial charge in [0.1, 0.15) is 22.4 Å². The topological polar surface area (TPSA) is 145 Å². The van der Waals surface area contributed by atoms with E-state index in [9.17, 15) is 22.8 Å². The molecular weight excluding hydrogens is 470 g/mol. The Morgan fingerprint density at radius 3 is 2.60 bits per heavy atom. The fraction of sp³-hybridized carbons (Fsp3) is 0.360. The van der Waals surface area contributed by atoms with E-state index in [1.165, 1.54) is 18.2 Å². The van der Waals surface area contributed by atoms with Crippen LogP contribution < -0.4 is 15.8 Å². The van der Waals surface area contributed by atoms with Gasteiger partial charge in [0.2, 0.25) is 0 Å². The maximum atomic E-state index is 13.9. The van der Waals surface area contributed by atoms with E-state index in [2.05, 4.69) is 23.6 Å². The third-order valence-corrected chi connectivity index (χ3v) is 7.77. The zero-order valence-corrected chi connectivity index (χ0v) is 20.5. The van der Waals surface area contributed by atoms with Gasteiger partial charge in [-0.25, -0.2) is 0 Å². The van der Waals surface area contributed by atoms with E-state index in [4.69, 9.17) is 10.5 Å². The second-order valence-corrected chi connectivity index (χ2v) is 11.0. The van der Waals surface area contributed by atoms with Gasteiger partial charge in [-0.05, 0) is 43.4 Å². The fourth-order valence-electron chi connectivity index (χ4n) is 4.52. The molecule has 1 heterocycles. The molecule has 2 aromatic rings. The summed E-state index contributed by atoms with van der Waals surface area (Å²) in [7, 11) is -4.26. The normalized spacial score (nSPS) is 22.6. The Bertz CT molecular complexity index is 1370. The van der Waals surface area contributed by atoms with Crippen molar-refractivity contribution < 1.29 is 27.5 Å². The van der Waals surface area contributed by atoms with Crippen molar-refractivity contribution in [2.75, 3.05) is 11.9 Å². The van der Waals surface area contributed by atoms with Gasteiger partial charge in [0.05, 0.1) is 11.1 Å². The average Bonchev–Trinajstić information content (AvgIpc) is 2.80. The Labute approximate surface area is 203 Å². The lowest BCUT2D eigenvalue weighted by molar-refractivity contribution is -0.125. The molecule has 0 saturated carbocycles. The molecule has 0 saturated heterocycles. The van der Waals surface area contributed by atoms with Gasteiger partial charge in [-0.2, -0.15) is 8.42 Å². The molecule has 35 heavy (non-hydrogen) atoms. The van der Waals surface area contributed by atoms with E-state index in [1.807, 2.05) is 6.92 Å². The maximum Gasteiger partial charge on any atom is 0.286 e. The number of amidine groups is 1. The molecule has 2 atom stereocenters. The molecule has 2 aliphatic rings. The average molecular weight is 498 g/mol. The highest BCUT2D eigenvalue weighted by Gasteiger charge is 2.51. The van der Waals surface area contributed by atoms with E-state index >= 15 is 0 Å². The molecule has 3 N–H and O–H groups in total. The zero-order chi connectivity index (χ0) is 25.5. The van der Waals surface area contributed by atoms with Crippen molar-refractivity contribution in [2.45, 2.75) is 43.9 Å². The van der Waals surface area contributed by atoms with E-state index < -0.39 is 39.7 Å². The van der Waals surface area contributed by atoms with Crippen LogP contribution in [0.25, 0.3) is 0 Å². The molecular formula is C25H27N3O6S. The van der Waals surface area contributed by atoms with E-state index in [0.717, 1.165) is 6.42 Å². The van der Waals surface area contributed by atoms with Crippen molar-refractivity contribution in [3.63, 3.8) is 0 Å². The molecule has 1 amide bonds. The van der Waals surface area contributed by atoms with Crippen molar-refractivity contribution in [3.8, 4) is 5.75 Å². The summed E-state index contributed by atoms with van der Waals surface area (Å²) in [4.78, 5) is 38.1. The van der Waals surface area contributed by atoms with E-state index in [0.29, 0.717) is 23.5 Å². The van der Waals surface area contributed by atoms with Crippen LogP contribution in [0.4, 0.5) is 5.69 Å². The molecule has 0 aromatic heterocycles. The number of ketones is 2. The maximum absolute atomic E-state index is 13.9. The van der Waals surface area contributed by atoms with Gasteiger partial charge in [-0.15, -0.1) is 4.40 Å². The number of nitrogens with one attached hydrogen (secondary N) is 1. The molecule has 0 spiro atoms. The third-order valence-electron chi connectivity index (χ3n) is 6.44. The first-order valence-electron chi connectivity index (χ1n) is 11.3. The summed E-state index contributed by atoms with van der Waals surface area (Å²) in [5.74, 6) is -2.72. The molecule has 0 fully saturated rings. The largest absolute Gasteiger partial charge is 0.484 e. The van der Waals surface area contributed by atoms with Gasteiger partial charge in [0, 0.05) is 11.6 Å². The Hall–Kier alpha value is -3.53. The van der Waals surface area contributed by atoms with Gasteiger partial charge in [0.25, 0.3) is 15.9 Å². The first-order chi connectivity index (χ1) is 16.4. The number of carbonyl (C=O) groups excluding carboxylic acids is 3. The van der Waals surface area contributed by atoms with Crippen molar-refractivity contribution >= 4 is 39.0 Å². The number of rotatable bonds is 7. The number of anilines is 1. The molecule has 0 bridgehead atoms. The van der Waals surface area contributed by atoms with Crippen LogP contribution in [0.5, 0.6) is 5.75 Å². The lowest BCUT2D eigenvalue weighted by Crippen LogP contribution is -2.51. The van der Waals surface area contributed by atoms with Crippen molar-refractivity contribution in [3.05, 3.63) is 53.6 Å². The Kier molecular flexibility index (Phi) is 6.27. The van der Waals surface area contributed by atoms with Crippen molar-refractivity contribution in [1.82, 2.24) is 0 Å². The summed E-state index contributed by atoms with van der Waals surface area (Å²) in [6.07, 6.45) is 1.27. The smallest absolute Gasteiger partial charge is 0.286 e. The highest BCUT2D eigenvalue weighted by atomic mass is 32.2. The van der Waals surface area contributed by atoms with Crippen LogP contribution in [0.15, 0.2) is 51.8 Å². The highest BCUT2D eigenvalue weighted by molar-refractivity contribution is 7.90. The van der Waals surface area contributed by atoms with Crippen LogP contribution in [0.3, 0.4) is 0 Å². The summed E-state index contributed by atoms with van der Waals surface area (Å²) in [6, 6.07) is 11.1. The molecule has 4 rings (SSSR count). The monoisotopic (exact) mass is 497 g/mol. The number of fused-ring (bicyclic) bond motifs is 2. The summed E-state index contributed by atoms with van der Waals surface area (Å²) in [5, 5.41) is 2.89. The number of hydrogen-bond acceptors (Lipinski definition) is 7. The second-order valence-electron chi connectivity index (χ2n) is 9.46. The number of sulfonamides is 1. The molecule has 1 aliphatic carbocycles. The van der Waals surface area contributed by atoms with Gasteiger partial charge in [-0.1, -0.05) is 38.1 Å². The lowest BCUT2D eigenvalue weighted by Gasteiger charge is -2.39. The standard InChI is InChI=1S/C25H27N3O6S/c1-14(2)10-11-25(3)17-7-5-4-6-16(17)22(30)21(23(25)31)24-27-18-9-8-15(34-13-20(26)29)12-19(18)35(32,33)28-24/h4-9,12,14,21H,10-11,13H2,1-3H3,(H2,26,29)(H,27,28)/t21?,25-/m1/s1. The zero-order valence-electron chi connectivity index (χ0n) is 19.7. The Morgan fingerprint density at radius 1 is 1.20 bits per heavy atom. The highest BCUT2D eigenvalue weighted by Crippen LogP contribution is 2.43. The number of nitrogens with zero attached hydrogens (tertiary/aromatic N) is 1.